The lowest BCUT2D eigenvalue weighted by molar-refractivity contribution is 0.564. The first-order chi connectivity index (χ1) is 9.47. The molecule has 1 unspecified atom stereocenters. The number of rotatable bonds is 5. The quantitative estimate of drug-likeness (QED) is 0.893. The van der Waals surface area contributed by atoms with E-state index in [4.69, 9.17) is 0 Å². The Morgan fingerprint density at radius 1 is 1.40 bits per heavy atom. The molecule has 0 aliphatic rings. The molecule has 0 saturated heterocycles. The van der Waals surface area contributed by atoms with Crippen molar-refractivity contribution in [3.05, 3.63) is 31.4 Å². The molecule has 1 atom stereocenters. The lowest BCUT2D eigenvalue weighted by Crippen LogP contribution is -2.20. The number of aryl methyl sites for hydroxylation is 4. The molecule has 2 rings (SSSR count). The molecule has 4 nitrogen and oxygen atoms in total. The van der Waals surface area contributed by atoms with E-state index in [1.54, 1.807) is 11.3 Å². The van der Waals surface area contributed by atoms with Crippen molar-refractivity contribution in [2.75, 3.05) is 7.05 Å². The number of hydrogen-bond acceptors (Lipinski definition) is 4. The first-order valence-corrected chi connectivity index (χ1v) is 8.40. The van der Waals surface area contributed by atoms with Gasteiger partial charge in [-0.2, -0.15) is 5.10 Å². The van der Waals surface area contributed by atoms with Gasteiger partial charge >= 0.3 is 0 Å². The zero-order valence-corrected chi connectivity index (χ0v) is 15.0. The van der Waals surface area contributed by atoms with Gasteiger partial charge in [0.1, 0.15) is 0 Å². The van der Waals surface area contributed by atoms with Crippen LogP contribution in [-0.4, -0.2) is 21.8 Å². The summed E-state index contributed by atoms with van der Waals surface area (Å²) in [4.78, 5) is 5.85. The number of hydrogen-bond donors (Lipinski definition) is 1. The summed E-state index contributed by atoms with van der Waals surface area (Å²) in [5, 5.41) is 9.10. The van der Waals surface area contributed by atoms with Crippen molar-refractivity contribution >= 4 is 27.3 Å². The number of nitrogens with zero attached hydrogens (tertiary/aromatic N) is 3. The molecule has 0 aliphatic heterocycles. The number of halogens is 1. The second kappa shape index (κ2) is 6.37. The number of likely N-dealkylation sites (N-methyl/N-ethyl adjacent to an activating group) is 1. The van der Waals surface area contributed by atoms with Gasteiger partial charge in [-0.1, -0.05) is 6.92 Å². The molecule has 2 aromatic rings. The van der Waals surface area contributed by atoms with Crippen LogP contribution in [0.1, 0.15) is 39.9 Å². The van der Waals surface area contributed by atoms with E-state index >= 15 is 0 Å². The van der Waals surface area contributed by atoms with E-state index in [1.165, 1.54) is 10.6 Å². The van der Waals surface area contributed by atoms with Gasteiger partial charge in [-0.15, -0.1) is 11.3 Å². The topological polar surface area (TPSA) is 42.7 Å². The molecule has 0 radical (unpaired) electrons. The highest BCUT2D eigenvalue weighted by atomic mass is 79.9. The Labute approximate surface area is 132 Å². The molecule has 0 aromatic carbocycles. The third-order valence-electron chi connectivity index (χ3n) is 3.50. The Kier molecular flexibility index (Phi) is 4.99. The van der Waals surface area contributed by atoms with Crippen LogP contribution in [0.25, 0.3) is 0 Å². The zero-order chi connectivity index (χ0) is 14.9. The standard InChI is InChI=1S/C14H21BrN4S/c1-6-10-13(15)12(19(5)18-10)7-11(16-4)14-8(2)17-9(3)20-14/h11,16H,6-7H2,1-5H3. The summed E-state index contributed by atoms with van der Waals surface area (Å²) in [6, 6.07) is 0.276. The van der Waals surface area contributed by atoms with Gasteiger partial charge < -0.3 is 5.32 Å². The molecule has 110 valence electrons. The molecule has 6 heteroatoms. The highest BCUT2D eigenvalue weighted by Crippen LogP contribution is 2.30. The molecule has 0 fully saturated rings. The van der Waals surface area contributed by atoms with Crippen molar-refractivity contribution in [2.24, 2.45) is 7.05 Å². The van der Waals surface area contributed by atoms with E-state index in [2.05, 4.69) is 52.1 Å². The van der Waals surface area contributed by atoms with Crippen LogP contribution in [-0.2, 0) is 19.9 Å². The maximum Gasteiger partial charge on any atom is 0.0900 e. The van der Waals surface area contributed by atoms with Gasteiger partial charge in [0.2, 0.25) is 0 Å². The molecular weight excluding hydrogens is 336 g/mol. The molecule has 2 heterocycles. The number of aromatic nitrogens is 3. The van der Waals surface area contributed by atoms with E-state index in [0.717, 1.165) is 33.7 Å². The van der Waals surface area contributed by atoms with Crippen molar-refractivity contribution < 1.29 is 0 Å². The largest absolute Gasteiger partial charge is 0.312 e. The van der Waals surface area contributed by atoms with Crippen molar-refractivity contribution in [2.45, 2.75) is 39.7 Å². The molecule has 20 heavy (non-hydrogen) atoms. The minimum atomic E-state index is 0.276. The van der Waals surface area contributed by atoms with Crippen molar-refractivity contribution in [3.8, 4) is 0 Å². The van der Waals surface area contributed by atoms with Gasteiger partial charge in [-0.25, -0.2) is 4.98 Å². The van der Waals surface area contributed by atoms with E-state index in [-0.39, 0.29) is 6.04 Å². The van der Waals surface area contributed by atoms with E-state index < -0.39 is 0 Å². The molecular formula is C14H21BrN4S. The Bertz CT molecular complexity index is 603. The van der Waals surface area contributed by atoms with Crippen LogP contribution in [0, 0.1) is 13.8 Å². The average molecular weight is 357 g/mol. The maximum absolute atomic E-state index is 4.57. The van der Waals surface area contributed by atoms with E-state index in [0.29, 0.717) is 0 Å². The van der Waals surface area contributed by atoms with Crippen LogP contribution in [0.3, 0.4) is 0 Å². The molecule has 0 amide bonds. The average Bonchev–Trinajstić information content (AvgIpc) is 2.87. The van der Waals surface area contributed by atoms with Crippen molar-refractivity contribution in [1.29, 1.82) is 0 Å². The highest BCUT2D eigenvalue weighted by Gasteiger charge is 2.21. The monoisotopic (exact) mass is 356 g/mol. The first kappa shape index (κ1) is 15.7. The maximum atomic E-state index is 4.57. The Balaban J connectivity index is 2.31. The van der Waals surface area contributed by atoms with E-state index in [1.807, 2.05) is 18.8 Å². The fraction of sp³-hybridized carbons (Fsp3) is 0.571. The number of thiazole rings is 1. The van der Waals surface area contributed by atoms with Crippen molar-refractivity contribution in [3.63, 3.8) is 0 Å². The summed E-state index contributed by atoms with van der Waals surface area (Å²) in [5.74, 6) is 0. The summed E-state index contributed by atoms with van der Waals surface area (Å²) >= 11 is 5.46. The second-order valence-electron chi connectivity index (χ2n) is 4.91. The van der Waals surface area contributed by atoms with Crippen molar-refractivity contribution in [1.82, 2.24) is 20.1 Å². The van der Waals surface area contributed by atoms with Crippen LogP contribution in [0.15, 0.2) is 4.47 Å². The van der Waals surface area contributed by atoms with Gasteiger partial charge in [-0.05, 0) is 43.2 Å². The SMILES string of the molecule is CCc1nn(C)c(CC(NC)c2sc(C)nc2C)c1Br. The summed E-state index contributed by atoms with van der Waals surface area (Å²) in [6.45, 7) is 6.27. The zero-order valence-electron chi connectivity index (χ0n) is 12.6. The summed E-state index contributed by atoms with van der Waals surface area (Å²) < 4.78 is 3.12. The minimum absolute atomic E-state index is 0.276. The van der Waals surface area contributed by atoms with E-state index in [9.17, 15) is 0 Å². The summed E-state index contributed by atoms with van der Waals surface area (Å²) in [5.41, 5.74) is 3.47. The molecule has 0 spiro atoms. The predicted molar refractivity (Wildman–Crippen MR) is 87.4 cm³/mol. The van der Waals surface area contributed by atoms with Gasteiger partial charge in [-0.3, -0.25) is 4.68 Å². The summed E-state index contributed by atoms with van der Waals surface area (Å²) in [7, 11) is 4.01. The first-order valence-electron chi connectivity index (χ1n) is 6.79. The van der Waals surface area contributed by atoms with Crippen LogP contribution >= 0.6 is 27.3 Å². The Morgan fingerprint density at radius 2 is 2.10 bits per heavy atom. The lowest BCUT2D eigenvalue weighted by atomic mass is 10.1. The van der Waals surface area contributed by atoms with Crippen LogP contribution in [0.4, 0.5) is 0 Å². The fourth-order valence-electron chi connectivity index (χ4n) is 2.43. The van der Waals surface area contributed by atoms with Crippen LogP contribution in [0.2, 0.25) is 0 Å². The molecule has 1 N–H and O–H groups in total. The van der Waals surface area contributed by atoms with Gasteiger partial charge in [0.15, 0.2) is 0 Å². The van der Waals surface area contributed by atoms with Crippen LogP contribution in [0.5, 0.6) is 0 Å². The number of nitrogens with one attached hydrogen (secondary N) is 1. The summed E-state index contributed by atoms with van der Waals surface area (Å²) in [6.07, 6.45) is 1.85. The third-order valence-corrected chi connectivity index (χ3v) is 5.61. The third kappa shape index (κ3) is 2.97. The molecule has 2 aromatic heterocycles. The lowest BCUT2D eigenvalue weighted by Gasteiger charge is -2.15. The highest BCUT2D eigenvalue weighted by molar-refractivity contribution is 9.10. The van der Waals surface area contributed by atoms with Gasteiger partial charge in [0.05, 0.1) is 26.6 Å². The second-order valence-corrected chi connectivity index (χ2v) is 6.94. The van der Waals surface area contributed by atoms with Gasteiger partial charge in [0, 0.05) is 24.4 Å². The smallest absolute Gasteiger partial charge is 0.0900 e. The Morgan fingerprint density at radius 3 is 2.55 bits per heavy atom. The van der Waals surface area contributed by atoms with Gasteiger partial charge in [0.25, 0.3) is 0 Å². The normalized spacial score (nSPS) is 12.9. The fourth-order valence-corrected chi connectivity index (χ4v) is 4.25. The molecule has 0 saturated carbocycles. The predicted octanol–water partition coefficient (Wildman–Crippen LogP) is 3.32. The molecule has 0 aliphatic carbocycles. The van der Waals surface area contributed by atoms with Crippen LogP contribution < -0.4 is 5.32 Å². The molecule has 0 bridgehead atoms. The Hall–Kier alpha value is -0.720. The minimum Gasteiger partial charge on any atom is -0.312 e.